The molecule has 0 aliphatic heterocycles. The Bertz CT molecular complexity index is 787. The molecule has 6 nitrogen and oxygen atoms in total. The summed E-state index contributed by atoms with van der Waals surface area (Å²) < 4.78 is 24.9. The van der Waals surface area contributed by atoms with E-state index >= 15 is 0 Å². The number of phenolic OH excluding ortho intramolecular Hbond substituents is 1. The molecule has 0 bridgehead atoms. The van der Waals surface area contributed by atoms with Gasteiger partial charge in [0.25, 0.3) is 5.91 Å². The summed E-state index contributed by atoms with van der Waals surface area (Å²) in [6.45, 7) is 1.90. The Morgan fingerprint density at radius 1 is 1.18 bits per heavy atom. The van der Waals surface area contributed by atoms with Crippen molar-refractivity contribution in [3.63, 3.8) is 0 Å². The van der Waals surface area contributed by atoms with Crippen molar-refractivity contribution in [2.75, 3.05) is 18.8 Å². The van der Waals surface area contributed by atoms with E-state index in [1.54, 1.807) is 37.3 Å². The van der Waals surface area contributed by atoms with E-state index in [0.717, 1.165) is 10.8 Å². The number of rotatable bonds is 6. The lowest BCUT2D eigenvalue weighted by atomic mass is 10.0. The van der Waals surface area contributed by atoms with E-state index < -0.39 is 10.0 Å². The second-order valence-electron chi connectivity index (χ2n) is 4.76. The first-order valence-corrected chi connectivity index (χ1v) is 8.55. The van der Waals surface area contributed by atoms with Gasteiger partial charge in [0, 0.05) is 18.7 Å². The number of carbonyl (C=O) groups excluding carboxylic acids is 1. The molecule has 2 rings (SSSR count). The molecule has 118 valence electrons. The molecule has 22 heavy (non-hydrogen) atoms. The minimum Gasteiger partial charge on any atom is -0.508 e. The lowest BCUT2D eigenvalue weighted by Gasteiger charge is -2.09. The van der Waals surface area contributed by atoms with Crippen LogP contribution in [0, 0.1) is 0 Å². The van der Waals surface area contributed by atoms with Gasteiger partial charge < -0.3 is 10.4 Å². The first-order valence-electron chi connectivity index (χ1n) is 6.90. The monoisotopic (exact) mass is 322 g/mol. The number of fused-ring (bicyclic) bond motifs is 1. The van der Waals surface area contributed by atoms with Crippen molar-refractivity contribution in [2.45, 2.75) is 6.92 Å². The summed E-state index contributed by atoms with van der Waals surface area (Å²) in [5.74, 6) is -0.140. The molecule has 0 aliphatic rings. The predicted octanol–water partition coefficient (Wildman–Crippen LogP) is 1.21. The minimum atomic E-state index is -3.25. The van der Waals surface area contributed by atoms with Crippen LogP contribution in [0.2, 0.25) is 0 Å². The zero-order valence-electron chi connectivity index (χ0n) is 12.2. The van der Waals surface area contributed by atoms with Gasteiger partial charge in [-0.2, -0.15) is 0 Å². The van der Waals surface area contributed by atoms with E-state index in [4.69, 9.17) is 0 Å². The van der Waals surface area contributed by atoms with Crippen molar-refractivity contribution in [2.24, 2.45) is 0 Å². The SMILES string of the molecule is CCS(=O)(=O)NCCNC(=O)c1cccc2cc(O)ccc12. The van der Waals surface area contributed by atoms with E-state index in [-0.39, 0.29) is 30.5 Å². The maximum absolute atomic E-state index is 12.2. The van der Waals surface area contributed by atoms with Crippen molar-refractivity contribution >= 4 is 26.7 Å². The molecular formula is C15H18N2O4S. The number of nitrogens with one attached hydrogen (secondary N) is 2. The van der Waals surface area contributed by atoms with Crippen LogP contribution in [0.1, 0.15) is 17.3 Å². The highest BCUT2D eigenvalue weighted by Crippen LogP contribution is 2.23. The van der Waals surface area contributed by atoms with Crippen molar-refractivity contribution in [1.82, 2.24) is 10.0 Å². The molecule has 0 heterocycles. The topological polar surface area (TPSA) is 95.5 Å². The largest absolute Gasteiger partial charge is 0.508 e. The third kappa shape index (κ3) is 3.96. The minimum absolute atomic E-state index is 0.00770. The quantitative estimate of drug-likeness (QED) is 0.697. The van der Waals surface area contributed by atoms with Crippen molar-refractivity contribution in [3.8, 4) is 5.75 Å². The summed E-state index contributed by atoms with van der Waals surface area (Å²) >= 11 is 0. The summed E-state index contributed by atoms with van der Waals surface area (Å²) in [7, 11) is -3.25. The van der Waals surface area contributed by atoms with Gasteiger partial charge in [0.1, 0.15) is 5.75 Å². The van der Waals surface area contributed by atoms with Gasteiger partial charge in [-0.25, -0.2) is 13.1 Å². The van der Waals surface area contributed by atoms with Crippen LogP contribution in [0.5, 0.6) is 5.75 Å². The predicted molar refractivity (Wildman–Crippen MR) is 85.4 cm³/mol. The number of phenols is 1. The Kier molecular flexibility index (Phi) is 4.99. The standard InChI is InChI=1S/C15H18N2O4S/c1-2-22(20,21)17-9-8-16-15(19)14-5-3-4-11-10-12(18)6-7-13(11)14/h3-7,10,17-18H,2,8-9H2,1H3,(H,16,19). The van der Waals surface area contributed by atoms with Gasteiger partial charge in [-0.05, 0) is 42.0 Å². The molecule has 0 spiro atoms. The van der Waals surface area contributed by atoms with E-state index in [1.165, 1.54) is 6.07 Å². The maximum Gasteiger partial charge on any atom is 0.251 e. The summed E-state index contributed by atoms with van der Waals surface area (Å²) in [6.07, 6.45) is 0. The number of hydrogen-bond acceptors (Lipinski definition) is 4. The van der Waals surface area contributed by atoms with Gasteiger partial charge in [-0.15, -0.1) is 0 Å². The number of hydrogen-bond donors (Lipinski definition) is 3. The zero-order valence-corrected chi connectivity index (χ0v) is 13.0. The molecular weight excluding hydrogens is 304 g/mol. The second-order valence-corrected chi connectivity index (χ2v) is 6.86. The van der Waals surface area contributed by atoms with Gasteiger partial charge in [0.15, 0.2) is 0 Å². The Morgan fingerprint density at radius 2 is 1.95 bits per heavy atom. The molecule has 0 fully saturated rings. The number of carbonyl (C=O) groups is 1. The molecule has 0 saturated heterocycles. The van der Waals surface area contributed by atoms with Crippen LogP contribution in [0.15, 0.2) is 36.4 Å². The Hall–Kier alpha value is -2.12. The molecule has 7 heteroatoms. The maximum atomic E-state index is 12.2. The van der Waals surface area contributed by atoms with Crippen molar-refractivity contribution in [3.05, 3.63) is 42.0 Å². The fourth-order valence-electron chi connectivity index (χ4n) is 2.05. The molecule has 0 aliphatic carbocycles. The normalized spacial score (nSPS) is 11.5. The first kappa shape index (κ1) is 16.3. The first-order chi connectivity index (χ1) is 10.4. The van der Waals surface area contributed by atoms with Crippen LogP contribution in [-0.2, 0) is 10.0 Å². The highest BCUT2D eigenvalue weighted by atomic mass is 32.2. The zero-order chi connectivity index (χ0) is 16.2. The van der Waals surface area contributed by atoms with E-state index in [0.29, 0.717) is 5.56 Å². The molecule has 0 unspecified atom stereocenters. The molecule has 0 atom stereocenters. The molecule has 1 amide bonds. The number of aromatic hydroxyl groups is 1. The Morgan fingerprint density at radius 3 is 2.68 bits per heavy atom. The van der Waals surface area contributed by atoms with E-state index in [2.05, 4.69) is 10.0 Å². The number of sulfonamides is 1. The average molecular weight is 322 g/mol. The van der Waals surface area contributed by atoms with Gasteiger partial charge in [0.2, 0.25) is 10.0 Å². The fraction of sp³-hybridized carbons (Fsp3) is 0.267. The smallest absolute Gasteiger partial charge is 0.251 e. The highest BCUT2D eigenvalue weighted by Gasteiger charge is 2.10. The molecule has 0 saturated carbocycles. The second kappa shape index (κ2) is 6.76. The van der Waals surface area contributed by atoms with E-state index in [9.17, 15) is 18.3 Å². The Balaban J connectivity index is 2.04. The Labute approximate surface area is 129 Å². The van der Waals surface area contributed by atoms with Gasteiger partial charge in [-0.1, -0.05) is 12.1 Å². The summed E-state index contributed by atoms with van der Waals surface area (Å²) in [4.78, 5) is 12.2. The van der Waals surface area contributed by atoms with Gasteiger partial charge in [-0.3, -0.25) is 4.79 Å². The van der Waals surface area contributed by atoms with Gasteiger partial charge in [0.05, 0.1) is 5.75 Å². The molecule has 2 aromatic carbocycles. The van der Waals surface area contributed by atoms with Crippen LogP contribution in [0.4, 0.5) is 0 Å². The molecule has 3 N–H and O–H groups in total. The van der Waals surface area contributed by atoms with Gasteiger partial charge >= 0.3 is 0 Å². The fourth-order valence-corrected chi connectivity index (χ4v) is 2.67. The third-order valence-electron chi connectivity index (χ3n) is 3.22. The molecule has 0 radical (unpaired) electrons. The highest BCUT2D eigenvalue weighted by molar-refractivity contribution is 7.89. The lowest BCUT2D eigenvalue weighted by molar-refractivity contribution is 0.0956. The van der Waals surface area contributed by atoms with E-state index in [1.807, 2.05) is 0 Å². The molecule has 0 aromatic heterocycles. The average Bonchev–Trinajstić information content (AvgIpc) is 2.50. The number of benzene rings is 2. The molecule has 2 aromatic rings. The summed E-state index contributed by atoms with van der Waals surface area (Å²) in [5, 5.41) is 13.6. The van der Waals surface area contributed by atoms with Crippen LogP contribution >= 0.6 is 0 Å². The van der Waals surface area contributed by atoms with Crippen molar-refractivity contribution in [1.29, 1.82) is 0 Å². The van der Waals surface area contributed by atoms with Crippen LogP contribution < -0.4 is 10.0 Å². The summed E-state index contributed by atoms with van der Waals surface area (Å²) in [6, 6.07) is 10.0. The van der Waals surface area contributed by atoms with Crippen molar-refractivity contribution < 1.29 is 18.3 Å². The summed E-state index contributed by atoms with van der Waals surface area (Å²) in [5.41, 5.74) is 0.482. The van der Waals surface area contributed by atoms with Crippen LogP contribution in [-0.4, -0.2) is 38.3 Å². The lowest BCUT2D eigenvalue weighted by Crippen LogP contribution is -2.35. The van der Waals surface area contributed by atoms with Crippen LogP contribution in [0.3, 0.4) is 0 Å². The third-order valence-corrected chi connectivity index (χ3v) is 4.63. The van der Waals surface area contributed by atoms with Crippen LogP contribution in [0.25, 0.3) is 10.8 Å². The number of amides is 1.